The van der Waals surface area contributed by atoms with Gasteiger partial charge in [-0.1, -0.05) is 6.07 Å². The van der Waals surface area contributed by atoms with Gasteiger partial charge < -0.3 is 9.80 Å². The van der Waals surface area contributed by atoms with E-state index in [1.807, 2.05) is 29.0 Å². The highest BCUT2D eigenvalue weighted by Gasteiger charge is 2.20. The molecule has 0 unspecified atom stereocenters. The van der Waals surface area contributed by atoms with Crippen molar-refractivity contribution in [2.75, 3.05) is 38.1 Å². The SMILES string of the molecule is CN1CCCN(c2ccc3nc(-c4cccs4)c(-c4ccncc4)n3n2)CC1. The van der Waals surface area contributed by atoms with Crippen molar-refractivity contribution >= 4 is 22.8 Å². The van der Waals surface area contributed by atoms with Crippen molar-refractivity contribution in [1.82, 2.24) is 24.5 Å². The maximum Gasteiger partial charge on any atom is 0.155 e. The first kappa shape index (κ1) is 17.3. The molecule has 0 atom stereocenters. The van der Waals surface area contributed by atoms with Crippen LogP contribution in [0.4, 0.5) is 5.82 Å². The summed E-state index contributed by atoms with van der Waals surface area (Å²) in [6.45, 7) is 4.21. The van der Waals surface area contributed by atoms with Crippen molar-refractivity contribution in [3.63, 3.8) is 0 Å². The van der Waals surface area contributed by atoms with Gasteiger partial charge in [0.25, 0.3) is 0 Å². The van der Waals surface area contributed by atoms with Crippen molar-refractivity contribution in [3.05, 3.63) is 54.2 Å². The van der Waals surface area contributed by atoms with Crippen molar-refractivity contribution in [2.24, 2.45) is 0 Å². The van der Waals surface area contributed by atoms with Gasteiger partial charge in [-0.15, -0.1) is 16.4 Å². The number of aromatic nitrogens is 4. The smallest absolute Gasteiger partial charge is 0.155 e. The van der Waals surface area contributed by atoms with Crippen LogP contribution in [0.25, 0.3) is 27.5 Å². The van der Waals surface area contributed by atoms with E-state index >= 15 is 0 Å². The average Bonchev–Trinajstić information content (AvgIpc) is 3.33. The van der Waals surface area contributed by atoms with Crippen LogP contribution in [-0.2, 0) is 0 Å². The Labute approximate surface area is 168 Å². The topological polar surface area (TPSA) is 49.6 Å². The molecule has 142 valence electrons. The lowest BCUT2D eigenvalue weighted by Crippen LogP contribution is -2.29. The highest BCUT2D eigenvalue weighted by Crippen LogP contribution is 2.34. The summed E-state index contributed by atoms with van der Waals surface area (Å²) in [5, 5.41) is 7.10. The minimum absolute atomic E-state index is 0.867. The quantitative estimate of drug-likeness (QED) is 0.534. The number of hydrogen-bond donors (Lipinski definition) is 0. The van der Waals surface area contributed by atoms with Crippen molar-refractivity contribution in [1.29, 1.82) is 0 Å². The summed E-state index contributed by atoms with van der Waals surface area (Å²) in [6, 6.07) is 12.4. The summed E-state index contributed by atoms with van der Waals surface area (Å²) >= 11 is 1.70. The van der Waals surface area contributed by atoms with Crippen LogP contribution < -0.4 is 4.90 Å². The molecule has 4 aromatic rings. The Hall–Kier alpha value is -2.77. The van der Waals surface area contributed by atoms with Gasteiger partial charge in [0.15, 0.2) is 5.65 Å². The molecule has 7 heteroatoms. The van der Waals surface area contributed by atoms with Gasteiger partial charge in [0.05, 0.1) is 4.88 Å². The van der Waals surface area contributed by atoms with Gasteiger partial charge in [-0.05, 0) is 55.7 Å². The van der Waals surface area contributed by atoms with E-state index in [0.717, 1.165) is 65.9 Å². The molecule has 0 aromatic carbocycles. The number of imidazole rings is 1. The normalized spacial score (nSPS) is 15.8. The zero-order valence-corrected chi connectivity index (χ0v) is 16.6. The molecule has 0 saturated carbocycles. The van der Waals surface area contributed by atoms with E-state index in [2.05, 4.69) is 51.5 Å². The molecular weight excluding hydrogens is 368 g/mol. The molecule has 1 saturated heterocycles. The number of hydrogen-bond acceptors (Lipinski definition) is 6. The third-order valence-corrected chi connectivity index (χ3v) is 6.09. The standard InChI is InChI=1S/C21H22N6S/c1-25-11-3-12-26(14-13-25)19-6-5-18-23-20(17-4-2-15-28-17)21(27(18)24-19)16-7-9-22-10-8-16/h2,4-10,15H,3,11-14H2,1H3. The van der Waals surface area contributed by atoms with Gasteiger partial charge in [0.2, 0.25) is 0 Å². The summed E-state index contributed by atoms with van der Waals surface area (Å²) in [5.74, 6) is 1.01. The van der Waals surface area contributed by atoms with Gasteiger partial charge in [0.1, 0.15) is 17.2 Å². The maximum atomic E-state index is 5.02. The highest BCUT2D eigenvalue weighted by molar-refractivity contribution is 7.13. The number of rotatable bonds is 3. The van der Waals surface area contributed by atoms with Gasteiger partial charge >= 0.3 is 0 Å². The first-order chi connectivity index (χ1) is 13.8. The van der Waals surface area contributed by atoms with Crippen LogP contribution >= 0.6 is 11.3 Å². The summed E-state index contributed by atoms with van der Waals surface area (Å²) in [7, 11) is 2.19. The third kappa shape index (κ3) is 3.16. The van der Waals surface area contributed by atoms with Crippen LogP contribution in [0.15, 0.2) is 54.2 Å². The number of fused-ring (bicyclic) bond motifs is 1. The zero-order valence-electron chi connectivity index (χ0n) is 15.8. The molecule has 28 heavy (non-hydrogen) atoms. The minimum Gasteiger partial charge on any atom is -0.354 e. The molecule has 0 amide bonds. The molecule has 1 aliphatic heterocycles. The van der Waals surface area contributed by atoms with Crippen LogP contribution in [0, 0.1) is 0 Å². The van der Waals surface area contributed by atoms with E-state index in [9.17, 15) is 0 Å². The molecular formula is C21H22N6S. The number of thiophene rings is 1. The number of pyridine rings is 1. The van der Waals surface area contributed by atoms with E-state index < -0.39 is 0 Å². The third-order valence-electron chi connectivity index (χ3n) is 5.22. The fourth-order valence-corrected chi connectivity index (χ4v) is 4.44. The lowest BCUT2D eigenvalue weighted by atomic mass is 10.1. The number of nitrogens with zero attached hydrogens (tertiary/aromatic N) is 6. The number of anilines is 1. The van der Waals surface area contributed by atoms with Crippen LogP contribution in [0.1, 0.15) is 6.42 Å². The highest BCUT2D eigenvalue weighted by atomic mass is 32.1. The fourth-order valence-electron chi connectivity index (χ4n) is 3.72. The Kier molecular flexibility index (Phi) is 4.54. The number of likely N-dealkylation sites (N-methyl/N-ethyl adjacent to an activating group) is 1. The first-order valence-corrected chi connectivity index (χ1v) is 10.4. The molecule has 6 nitrogen and oxygen atoms in total. The van der Waals surface area contributed by atoms with Crippen molar-refractivity contribution < 1.29 is 0 Å². The molecule has 5 rings (SSSR count). The molecule has 0 spiro atoms. The van der Waals surface area contributed by atoms with Crippen molar-refractivity contribution in [2.45, 2.75) is 6.42 Å². The van der Waals surface area contributed by atoms with E-state index in [0.29, 0.717) is 0 Å². The van der Waals surface area contributed by atoms with Crippen LogP contribution in [-0.4, -0.2) is 57.7 Å². The van der Waals surface area contributed by atoms with Gasteiger partial charge in [0, 0.05) is 37.6 Å². The second kappa shape index (κ2) is 7.33. The van der Waals surface area contributed by atoms with Gasteiger partial charge in [-0.2, -0.15) is 0 Å². The predicted molar refractivity (Wildman–Crippen MR) is 114 cm³/mol. The monoisotopic (exact) mass is 390 g/mol. The first-order valence-electron chi connectivity index (χ1n) is 9.57. The Morgan fingerprint density at radius 2 is 1.86 bits per heavy atom. The molecule has 1 aliphatic rings. The van der Waals surface area contributed by atoms with E-state index in [1.165, 1.54) is 0 Å². The molecule has 0 radical (unpaired) electrons. The lowest BCUT2D eigenvalue weighted by molar-refractivity contribution is 0.360. The second-order valence-electron chi connectivity index (χ2n) is 7.13. The van der Waals surface area contributed by atoms with E-state index in [-0.39, 0.29) is 0 Å². The zero-order chi connectivity index (χ0) is 18.9. The molecule has 1 fully saturated rings. The molecule has 5 heterocycles. The molecule has 4 aromatic heterocycles. The fraction of sp³-hybridized carbons (Fsp3) is 0.286. The minimum atomic E-state index is 0.867. The Morgan fingerprint density at radius 1 is 0.964 bits per heavy atom. The maximum absolute atomic E-state index is 5.02. The Bertz CT molecular complexity index is 1070. The lowest BCUT2D eigenvalue weighted by Gasteiger charge is -2.21. The summed E-state index contributed by atoms with van der Waals surface area (Å²) in [4.78, 5) is 15.0. The van der Waals surface area contributed by atoms with Gasteiger partial charge in [-0.3, -0.25) is 4.98 Å². The largest absolute Gasteiger partial charge is 0.354 e. The Balaban J connectivity index is 1.66. The van der Waals surface area contributed by atoms with E-state index in [1.54, 1.807) is 11.3 Å². The second-order valence-corrected chi connectivity index (χ2v) is 8.08. The molecule has 0 bridgehead atoms. The average molecular weight is 391 g/mol. The summed E-state index contributed by atoms with van der Waals surface area (Å²) in [6.07, 6.45) is 4.79. The van der Waals surface area contributed by atoms with Crippen LogP contribution in [0.3, 0.4) is 0 Å². The Morgan fingerprint density at radius 3 is 2.68 bits per heavy atom. The summed E-state index contributed by atoms with van der Waals surface area (Å²) < 4.78 is 1.99. The molecule has 0 aliphatic carbocycles. The van der Waals surface area contributed by atoms with Crippen LogP contribution in [0.2, 0.25) is 0 Å². The molecule has 0 N–H and O–H groups in total. The predicted octanol–water partition coefficient (Wildman–Crippen LogP) is 3.66. The van der Waals surface area contributed by atoms with Gasteiger partial charge in [-0.25, -0.2) is 9.50 Å². The van der Waals surface area contributed by atoms with Crippen LogP contribution in [0.5, 0.6) is 0 Å². The van der Waals surface area contributed by atoms with E-state index in [4.69, 9.17) is 10.1 Å². The summed E-state index contributed by atoms with van der Waals surface area (Å²) in [5.41, 5.74) is 3.94. The van der Waals surface area contributed by atoms with Crippen molar-refractivity contribution in [3.8, 4) is 21.8 Å².